The molecule has 0 N–H and O–H groups in total. The van der Waals surface area contributed by atoms with Gasteiger partial charge in [-0.25, -0.2) is 4.39 Å². The maximum absolute atomic E-state index is 13.1. The Morgan fingerprint density at radius 1 is 1.04 bits per heavy atom. The van der Waals surface area contributed by atoms with Crippen molar-refractivity contribution in [3.8, 4) is 11.3 Å². The molecule has 0 saturated carbocycles. The highest BCUT2D eigenvalue weighted by Gasteiger charge is 2.18. The Bertz CT molecular complexity index is 844. The molecule has 0 amide bonds. The number of aromatic nitrogens is 2. The molecule has 0 atom stereocenters. The highest BCUT2D eigenvalue weighted by Crippen LogP contribution is 2.26. The summed E-state index contributed by atoms with van der Waals surface area (Å²) < 4.78 is 15.1. The number of thiophene rings is 1. The largest absolute Gasteiger partial charge is 0.369 e. The molecule has 4 rings (SSSR count). The maximum atomic E-state index is 13.1. The molecule has 3 aromatic rings. The van der Waals surface area contributed by atoms with Crippen molar-refractivity contribution in [3.05, 3.63) is 58.7 Å². The van der Waals surface area contributed by atoms with Gasteiger partial charge < -0.3 is 4.90 Å². The molecule has 1 aliphatic heterocycles. The van der Waals surface area contributed by atoms with Gasteiger partial charge in [-0.15, -0.1) is 24.8 Å². The Labute approximate surface area is 181 Å². The third kappa shape index (κ3) is 5.06. The average molecular weight is 443 g/mol. The summed E-state index contributed by atoms with van der Waals surface area (Å²) in [5.74, 6) is -0.176. The van der Waals surface area contributed by atoms with Crippen LogP contribution in [0.5, 0.6) is 0 Å². The molecule has 4 nitrogen and oxygen atoms in total. The van der Waals surface area contributed by atoms with Crippen molar-refractivity contribution in [2.24, 2.45) is 7.05 Å². The molecule has 152 valence electrons. The molecular weight excluding hydrogens is 418 g/mol. The van der Waals surface area contributed by atoms with Gasteiger partial charge in [0.1, 0.15) is 5.82 Å². The van der Waals surface area contributed by atoms with E-state index < -0.39 is 0 Å². The van der Waals surface area contributed by atoms with E-state index in [2.05, 4.69) is 31.7 Å². The molecule has 0 bridgehead atoms. The number of rotatable bonds is 5. The topological polar surface area (TPSA) is 24.3 Å². The van der Waals surface area contributed by atoms with E-state index in [0.29, 0.717) is 0 Å². The summed E-state index contributed by atoms with van der Waals surface area (Å²) in [7, 11) is 2.01. The first-order valence-corrected chi connectivity index (χ1v) is 9.91. The fraction of sp³-hybridized carbons (Fsp3) is 0.350. The van der Waals surface area contributed by atoms with E-state index in [1.165, 1.54) is 29.0 Å². The summed E-state index contributed by atoms with van der Waals surface area (Å²) in [6.07, 6.45) is 3.01. The Morgan fingerprint density at radius 2 is 1.75 bits per heavy atom. The van der Waals surface area contributed by atoms with Gasteiger partial charge in [0, 0.05) is 56.4 Å². The van der Waals surface area contributed by atoms with Crippen molar-refractivity contribution < 1.29 is 4.39 Å². The lowest BCUT2D eigenvalue weighted by molar-refractivity contribution is 0.261. The van der Waals surface area contributed by atoms with Gasteiger partial charge in [0.2, 0.25) is 0 Å². The van der Waals surface area contributed by atoms with Crippen LogP contribution in [0.15, 0.2) is 47.3 Å². The second-order valence-electron chi connectivity index (χ2n) is 6.71. The number of anilines is 1. The first-order chi connectivity index (χ1) is 12.7. The molecule has 1 saturated heterocycles. The van der Waals surface area contributed by atoms with Gasteiger partial charge in [0.15, 0.2) is 0 Å². The van der Waals surface area contributed by atoms with Gasteiger partial charge >= 0.3 is 0 Å². The van der Waals surface area contributed by atoms with Gasteiger partial charge in [-0.3, -0.25) is 9.58 Å². The molecule has 1 aromatic carbocycles. The molecule has 1 aliphatic rings. The lowest BCUT2D eigenvalue weighted by Crippen LogP contribution is -2.47. The minimum Gasteiger partial charge on any atom is -0.369 e. The smallest absolute Gasteiger partial charge is 0.123 e. The van der Waals surface area contributed by atoms with Crippen LogP contribution in [0.3, 0.4) is 0 Å². The predicted octanol–water partition coefficient (Wildman–Crippen LogP) is 4.50. The molecule has 0 aliphatic carbocycles. The Hall–Kier alpha value is -1.60. The van der Waals surface area contributed by atoms with Crippen molar-refractivity contribution in [2.75, 3.05) is 37.6 Å². The normalized spacial score (nSPS) is 14.4. The van der Waals surface area contributed by atoms with Crippen LogP contribution in [-0.2, 0) is 13.5 Å². The third-order valence-electron chi connectivity index (χ3n) is 5.07. The zero-order valence-electron chi connectivity index (χ0n) is 15.8. The Balaban J connectivity index is 0.00000140. The second kappa shape index (κ2) is 10.3. The summed E-state index contributed by atoms with van der Waals surface area (Å²) >= 11 is 1.72. The molecule has 0 unspecified atom stereocenters. The van der Waals surface area contributed by atoms with Gasteiger partial charge in [0.05, 0.1) is 11.9 Å². The molecule has 2 aromatic heterocycles. The van der Waals surface area contributed by atoms with Crippen LogP contribution in [0.25, 0.3) is 11.3 Å². The van der Waals surface area contributed by atoms with E-state index in [1.807, 2.05) is 30.1 Å². The second-order valence-corrected chi connectivity index (χ2v) is 7.49. The molecule has 0 radical (unpaired) electrons. The highest BCUT2D eigenvalue weighted by molar-refractivity contribution is 7.08. The number of hydrogen-bond acceptors (Lipinski definition) is 4. The number of halogens is 3. The van der Waals surface area contributed by atoms with Crippen molar-refractivity contribution in [3.63, 3.8) is 0 Å². The van der Waals surface area contributed by atoms with E-state index in [0.717, 1.165) is 44.8 Å². The van der Waals surface area contributed by atoms with Crippen molar-refractivity contribution in [1.82, 2.24) is 14.7 Å². The summed E-state index contributed by atoms with van der Waals surface area (Å²) in [5, 5.41) is 8.75. The van der Waals surface area contributed by atoms with Gasteiger partial charge in [-0.1, -0.05) is 0 Å². The fourth-order valence-corrected chi connectivity index (χ4v) is 4.24. The standard InChI is InChI=1S/C20H23FN4S.2ClH/c1-23-20(17-7-13-26-15-17)16(14-22-23)6-8-24-9-11-25(12-10-24)19-4-2-18(21)3-5-19;;/h2-5,7,13-15H,6,8-12H2,1H3;2*1H. The van der Waals surface area contributed by atoms with Crippen LogP contribution in [0.4, 0.5) is 10.1 Å². The first-order valence-electron chi connectivity index (χ1n) is 8.97. The average Bonchev–Trinajstić information content (AvgIpc) is 3.30. The zero-order chi connectivity index (χ0) is 17.9. The van der Waals surface area contributed by atoms with Crippen molar-refractivity contribution in [1.29, 1.82) is 0 Å². The first kappa shape index (κ1) is 22.7. The highest BCUT2D eigenvalue weighted by atomic mass is 35.5. The lowest BCUT2D eigenvalue weighted by atomic mass is 10.1. The van der Waals surface area contributed by atoms with E-state index in [9.17, 15) is 4.39 Å². The van der Waals surface area contributed by atoms with Crippen LogP contribution in [-0.4, -0.2) is 47.4 Å². The van der Waals surface area contributed by atoms with Crippen LogP contribution in [0.1, 0.15) is 5.56 Å². The summed E-state index contributed by atoms with van der Waals surface area (Å²) in [4.78, 5) is 4.83. The van der Waals surface area contributed by atoms with E-state index >= 15 is 0 Å². The van der Waals surface area contributed by atoms with Crippen molar-refractivity contribution in [2.45, 2.75) is 6.42 Å². The zero-order valence-corrected chi connectivity index (χ0v) is 18.2. The molecule has 0 spiro atoms. The van der Waals surface area contributed by atoms with Crippen LogP contribution < -0.4 is 4.90 Å². The molecular formula is C20H25Cl2FN4S. The van der Waals surface area contributed by atoms with E-state index in [4.69, 9.17) is 0 Å². The maximum Gasteiger partial charge on any atom is 0.123 e. The SMILES string of the molecule is Cl.Cl.Cn1ncc(CCN2CCN(c3ccc(F)cc3)CC2)c1-c1ccsc1. The predicted molar refractivity (Wildman–Crippen MR) is 120 cm³/mol. The van der Waals surface area contributed by atoms with Crippen LogP contribution in [0.2, 0.25) is 0 Å². The summed E-state index contributed by atoms with van der Waals surface area (Å²) in [5.41, 5.74) is 4.91. The molecule has 3 heterocycles. The summed E-state index contributed by atoms with van der Waals surface area (Å²) in [6, 6.07) is 8.97. The van der Waals surface area contributed by atoms with Gasteiger partial charge in [-0.2, -0.15) is 16.4 Å². The van der Waals surface area contributed by atoms with Crippen LogP contribution in [0, 0.1) is 5.82 Å². The van der Waals surface area contributed by atoms with E-state index in [-0.39, 0.29) is 30.6 Å². The monoisotopic (exact) mass is 442 g/mol. The minimum absolute atomic E-state index is 0. The summed E-state index contributed by atoms with van der Waals surface area (Å²) in [6.45, 7) is 5.07. The van der Waals surface area contributed by atoms with Gasteiger partial charge in [0.25, 0.3) is 0 Å². The van der Waals surface area contributed by atoms with Crippen LogP contribution >= 0.6 is 36.2 Å². The Kier molecular flexibility index (Phi) is 8.31. The minimum atomic E-state index is -0.176. The lowest BCUT2D eigenvalue weighted by Gasteiger charge is -2.36. The van der Waals surface area contributed by atoms with Crippen molar-refractivity contribution >= 4 is 41.8 Å². The number of nitrogens with zero attached hydrogens (tertiary/aromatic N) is 4. The Morgan fingerprint density at radius 3 is 2.39 bits per heavy atom. The fourth-order valence-electron chi connectivity index (χ4n) is 3.60. The van der Waals surface area contributed by atoms with Gasteiger partial charge in [-0.05, 0) is 47.7 Å². The third-order valence-corrected chi connectivity index (χ3v) is 5.75. The number of hydrogen-bond donors (Lipinski definition) is 0. The van der Waals surface area contributed by atoms with E-state index in [1.54, 1.807) is 11.3 Å². The number of benzene rings is 1. The molecule has 28 heavy (non-hydrogen) atoms. The number of aryl methyl sites for hydroxylation is 1. The molecule has 8 heteroatoms. The quantitative estimate of drug-likeness (QED) is 0.581. The molecule has 1 fully saturated rings. The number of piperazine rings is 1.